The lowest BCUT2D eigenvalue weighted by Gasteiger charge is -2.29. The number of hydrogen-bond donors (Lipinski definition) is 1. The van der Waals surface area contributed by atoms with E-state index in [9.17, 15) is 4.79 Å². The van der Waals surface area contributed by atoms with Gasteiger partial charge in [0.2, 0.25) is 0 Å². The topological polar surface area (TPSA) is 45.5 Å². The van der Waals surface area contributed by atoms with E-state index in [4.69, 9.17) is 4.42 Å². The van der Waals surface area contributed by atoms with Gasteiger partial charge in [-0.1, -0.05) is 13.8 Å². The van der Waals surface area contributed by atoms with Crippen molar-refractivity contribution in [2.75, 3.05) is 26.7 Å². The van der Waals surface area contributed by atoms with E-state index in [1.807, 2.05) is 13.0 Å². The molecule has 1 aromatic heterocycles. The van der Waals surface area contributed by atoms with E-state index >= 15 is 0 Å². The Morgan fingerprint density at radius 1 is 1.52 bits per heavy atom. The van der Waals surface area contributed by atoms with Gasteiger partial charge in [-0.05, 0) is 51.8 Å². The van der Waals surface area contributed by atoms with Crippen molar-refractivity contribution in [3.63, 3.8) is 0 Å². The Bertz CT molecular complexity index is 479. The van der Waals surface area contributed by atoms with Crippen LogP contribution in [-0.2, 0) is 0 Å². The Morgan fingerprint density at radius 3 is 2.90 bits per heavy atom. The third kappa shape index (κ3) is 4.34. The van der Waals surface area contributed by atoms with Gasteiger partial charge in [0, 0.05) is 19.0 Å². The fraction of sp³-hybridized carbons (Fsp3) is 0.706. The van der Waals surface area contributed by atoms with Crippen molar-refractivity contribution in [1.29, 1.82) is 0 Å². The van der Waals surface area contributed by atoms with Crippen LogP contribution in [0.15, 0.2) is 10.5 Å². The molecule has 1 saturated heterocycles. The summed E-state index contributed by atoms with van der Waals surface area (Å²) in [6.07, 6.45) is 3.61. The van der Waals surface area contributed by atoms with Crippen molar-refractivity contribution in [3.8, 4) is 0 Å². The largest absolute Gasteiger partial charge is 0.465 e. The number of rotatable bonds is 5. The van der Waals surface area contributed by atoms with Gasteiger partial charge in [-0.25, -0.2) is 0 Å². The molecule has 4 nitrogen and oxygen atoms in total. The normalized spacial score (nSPS) is 20.0. The number of likely N-dealkylation sites (tertiary alicyclic amines) is 1. The zero-order valence-corrected chi connectivity index (χ0v) is 13.7. The highest BCUT2D eigenvalue weighted by atomic mass is 16.3. The molecule has 118 valence electrons. The van der Waals surface area contributed by atoms with E-state index in [0.717, 1.165) is 25.3 Å². The minimum atomic E-state index is -0.00712. The highest BCUT2D eigenvalue weighted by Gasteiger charge is 2.19. The summed E-state index contributed by atoms with van der Waals surface area (Å²) >= 11 is 0. The summed E-state index contributed by atoms with van der Waals surface area (Å²) in [5.41, 5.74) is 0.680. The first-order valence-electron chi connectivity index (χ1n) is 8.04. The zero-order valence-electron chi connectivity index (χ0n) is 13.7. The van der Waals surface area contributed by atoms with Gasteiger partial charge in [0.15, 0.2) is 0 Å². The van der Waals surface area contributed by atoms with Gasteiger partial charge in [-0.2, -0.15) is 0 Å². The highest BCUT2D eigenvalue weighted by Crippen LogP contribution is 2.22. The van der Waals surface area contributed by atoms with Gasteiger partial charge in [0.05, 0.1) is 5.56 Å². The molecule has 1 amide bonds. The zero-order chi connectivity index (χ0) is 15.4. The van der Waals surface area contributed by atoms with Crippen LogP contribution in [0, 0.1) is 12.8 Å². The molecule has 0 unspecified atom stereocenters. The molecule has 0 saturated carbocycles. The molecule has 0 radical (unpaired) electrons. The minimum Gasteiger partial charge on any atom is -0.465 e. The lowest BCUT2D eigenvalue weighted by molar-refractivity contribution is 0.0947. The molecule has 2 rings (SSSR count). The van der Waals surface area contributed by atoms with Gasteiger partial charge >= 0.3 is 0 Å². The van der Waals surface area contributed by atoms with Crippen molar-refractivity contribution in [1.82, 2.24) is 10.2 Å². The molecule has 1 fully saturated rings. The maximum Gasteiger partial charge on any atom is 0.254 e. The summed E-state index contributed by atoms with van der Waals surface area (Å²) in [6.45, 7) is 9.10. The van der Waals surface area contributed by atoms with E-state index in [2.05, 4.69) is 31.1 Å². The second-order valence-corrected chi connectivity index (χ2v) is 6.59. The lowest BCUT2D eigenvalue weighted by atomic mass is 9.95. The van der Waals surface area contributed by atoms with E-state index < -0.39 is 0 Å². The second kappa shape index (κ2) is 7.12. The first kappa shape index (κ1) is 16.1. The summed E-state index contributed by atoms with van der Waals surface area (Å²) in [4.78, 5) is 14.6. The van der Waals surface area contributed by atoms with Crippen LogP contribution in [0.5, 0.6) is 0 Å². The molecular formula is C17H28N2O2. The molecule has 1 aromatic rings. The van der Waals surface area contributed by atoms with Gasteiger partial charge in [0.25, 0.3) is 5.91 Å². The highest BCUT2D eigenvalue weighted by molar-refractivity contribution is 5.95. The average Bonchev–Trinajstić information content (AvgIpc) is 2.81. The van der Waals surface area contributed by atoms with E-state index in [1.165, 1.54) is 19.4 Å². The SMILES string of the molecule is Cc1oc(C(C)C)cc1C(=O)NCC[C@H]1CCCN(C)C1. The Morgan fingerprint density at radius 2 is 2.29 bits per heavy atom. The Hall–Kier alpha value is -1.29. The fourth-order valence-electron chi connectivity index (χ4n) is 3.01. The van der Waals surface area contributed by atoms with Gasteiger partial charge < -0.3 is 14.6 Å². The summed E-state index contributed by atoms with van der Waals surface area (Å²) in [5, 5.41) is 3.04. The maximum atomic E-state index is 12.2. The number of piperidine rings is 1. The van der Waals surface area contributed by atoms with Crippen molar-refractivity contribution < 1.29 is 9.21 Å². The van der Waals surface area contributed by atoms with Gasteiger partial charge in [-0.15, -0.1) is 0 Å². The summed E-state index contributed by atoms with van der Waals surface area (Å²) in [5.74, 6) is 2.61. The second-order valence-electron chi connectivity index (χ2n) is 6.59. The number of amides is 1. The fourth-order valence-corrected chi connectivity index (χ4v) is 3.01. The monoisotopic (exact) mass is 292 g/mol. The molecule has 1 aliphatic heterocycles. The number of furan rings is 1. The van der Waals surface area contributed by atoms with Gasteiger partial charge in [0.1, 0.15) is 11.5 Å². The molecule has 0 bridgehead atoms. The van der Waals surface area contributed by atoms with E-state index in [0.29, 0.717) is 23.2 Å². The third-order valence-corrected chi connectivity index (χ3v) is 4.31. The predicted molar refractivity (Wildman–Crippen MR) is 84.7 cm³/mol. The quantitative estimate of drug-likeness (QED) is 0.906. The van der Waals surface area contributed by atoms with Crippen LogP contribution in [0.2, 0.25) is 0 Å². The maximum absolute atomic E-state index is 12.2. The molecular weight excluding hydrogens is 264 g/mol. The Labute approximate surface area is 127 Å². The van der Waals surface area contributed by atoms with Crippen LogP contribution in [0.1, 0.15) is 60.9 Å². The first-order chi connectivity index (χ1) is 9.97. The van der Waals surface area contributed by atoms with E-state index in [1.54, 1.807) is 0 Å². The molecule has 4 heteroatoms. The minimum absolute atomic E-state index is 0.00712. The van der Waals surface area contributed by atoms with Crippen LogP contribution in [0.4, 0.5) is 0 Å². The van der Waals surface area contributed by atoms with Gasteiger partial charge in [-0.3, -0.25) is 4.79 Å². The van der Waals surface area contributed by atoms with Crippen LogP contribution >= 0.6 is 0 Å². The number of nitrogens with zero attached hydrogens (tertiary/aromatic N) is 1. The Kier molecular flexibility index (Phi) is 5.45. The summed E-state index contributed by atoms with van der Waals surface area (Å²) in [7, 11) is 2.17. The smallest absolute Gasteiger partial charge is 0.254 e. The molecule has 1 N–H and O–H groups in total. The van der Waals surface area contributed by atoms with E-state index in [-0.39, 0.29) is 5.91 Å². The molecule has 0 spiro atoms. The first-order valence-corrected chi connectivity index (χ1v) is 8.04. The van der Waals surface area contributed by atoms with Crippen LogP contribution in [0.3, 0.4) is 0 Å². The molecule has 21 heavy (non-hydrogen) atoms. The van der Waals surface area contributed by atoms with Crippen LogP contribution < -0.4 is 5.32 Å². The Balaban J connectivity index is 1.81. The van der Waals surface area contributed by atoms with Crippen molar-refractivity contribution in [3.05, 3.63) is 23.2 Å². The average molecular weight is 292 g/mol. The number of aryl methyl sites for hydroxylation is 1. The standard InChI is InChI=1S/C17H28N2O2/c1-12(2)16-10-15(13(3)21-16)17(20)18-8-7-14-6-5-9-19(4)11-14/h10,12,14H,5-9,11H2,1-4H3,(H,18,20)/t14-/m1/s1. The number of carbonyl (C=O) groups is 1. The lowest BCUT2D eigenvalue weighted by Crippen LogP contribution is -2.34. The summed E-state index contributed by atoms with van der Waals surface area (Å²) < 4.78 is 5.64. The number of carbonyl (C=O) groups excluding carboxylic acids is 1. The van der Waals surface area contributed by atoms with Crippen molar-refractivity contribution in [2.24, 2.45) is 5.92 Å². The number of hydrogen-bond acceptors (Lipinski definition) is 3. The predicted octanol–water partition coefficient (Wildman–Crippen LogP) is 3.17. The molecule has 1 aliphatic rings. The van der Waals surface area contributed by atoms with Crippen molar-refractivity contribution >= 4 is 5.91 Å². The third-order valence-electron chi connectivity index (χ3n) is 4.31. The molecule has 2 heterocycles. The van der Waals surface area contributed by atoms with Crippen LogP contribution in [-0.4, -0.2) is 37.5 Å². The molecule has 0 aromatic carbocycles. The molecule has 1 atom stereocenters. The van der Waals surface area contributed by atoms with Crippen LogP contribution in [0.25, 0.3) is 0 Å². The number of nitrogens with one attached hydrogen (secondary N) is 1. The molecule has 0 aliphatic carbocycles. The van der Waals surface area contributed by atoms with Crippen molar-refractivity contribution in [2.45, 2.75) is 46.0 Å². The summed E-state index contributed by atoms with van der Waals surface area (Å²) in [6, 6.07) is 1.88.